The molecular weight excluding hydrogens is 635 g/mol. The van der Waals surface area contributed by atoms with Gasteiger partial charge in [0.2, 0.25) is 0 Å². The van der Waals surface area contributed by atoms with Crippen LogP contribution < -0.4 is 0 Å². The molecule has 0 aromatic heterocycles. The standard InChI is InChI=1S/C33H69O13P/c1-13-25(35-22-10)38-28(16-4)41-31(19-7)44-47(34,45-32(20-8)42-29(17-5)39-26(14-2)36-23-11)46-33(21-9)43-30(18-6)40-27(15-3)37-24-12/h25-33H,13-24H2,1-12H3. The Kier molecular flexibility index (Phi) is 28.3. The van der Waals surface area contributed by atoms with E-state index in [9.17, 15) is 4.57 Å². The molecule has 0 aromatic rings. The third-order valence-corrected chi connectivity index (χ3v) is 8.10. The highest BCUT2D eigenvalue weighted by molar-refractivity contribution is 7.48. The second-order valence-electron chi connectivity index (χ2n) is 10.5. The van der Waals surface area contributed by atoms with Crippen LogP contribution in [0.5, 0.6) is 0 Å². The number of ether oxygens (including phenoxy) is 9. The van der Waals surface area contributed by atoms with E-state index >= 15 is 0 Å². The minimum Gasteiger partial charge on any atom is -0.353 e. The smallest absolute Gasteiger partial charge is 0.353 e. The Hall–Kier alpha value is -0.250. The van der Waals surface area contributed by atoms with Gasteiger partial charge in [-0.1, -0.05) is 62.3 Å². The van der Waals surface area contributed by atoms with Crippen LogP contribution >= 0.6 is 7.82 Å². The predicted octanol–water partition coefficient (Wildman–Crippen LogP) is 8.98. The molecule has 0 amide bonds. The van der Waals surface area contributed by atoms with Crippen molar-refractivity contribution in [2.45, 2.75) is 197 Å². The van der Waals surface area contributed by atoms with E-state index in [-0.39, 0.29) is 0 Å². The van der Waals surface area contributed by atoms with E-state index in [4.69, 9.17) is 56.2 Å². The number of hydrogen-bond donors (Lipinski definition) is 0. The van der Waals surface area contributed by atoms with Gasteiger partial charge in [-0.3, -0.25) is 13.6 Å². The van der Waals surface area contributed by atoms with E-state index < -0.39 is 64.4 Å². The van der Waals surface area contributed by atoms with Crippen LogP contribution in [-0.2, 0) is 60.8 Å². The zero-order chi connectivity index (χ0) is 35.7. The highest BCUT2D eigenvalue weighted by Crippen LogP contribution is 2.54. The van der Waals surface area contributed by atoms with Crippen LogP contribution in [-0.4, -0.2) is 76.4 Å². The lowest BCUT2D eigenvalue weighted by molar-refractivity contribution is -0.299. The van der Waals surface area contributed by atoms with E-state index in [1.807, 2.05) is 83.1 Å². The normalized spacial score (nSPS) is 19.3. The van der Waals surface area contributed by atoms with E-state index in [0.29, 0.717) is 77.6 Å². The summed E-state index contributed by atoms with van der Waals surface area (Å²) in [6, 6.07) is 0. The van der Waals surface area contributed by atoms with Gasteiger partial charge in [-0.05, 0) is 78.6 Å². The molecule has 284 valence electrons. The predicted molar refractivity (Wildman–Crippen MR) is 179 cm³/mol. The summed E-state index contributed by atoms with van der Waals surface area (Å²) in [7, 11) is -4.43. The number of phosphoric acid groups is 1. The topological polar surface area (TPSA) is 128 Å². The third kappa shape index (κ3) is 20.3. The minimum atomic E-state index is -4.43. The Bertz CT molecular complexity index is 669. The molecule has 0 saturated carbocycles. The van der Waals surface area contributed by atoms with Crippen molar-refractivity contribution in [1.29, 1.82) is 0 Å². The summed E-state index contributed by atoms with van der Waals surface area (Å²) in [6.07, 6.45) is -2.13. The van der Waals surface area contributed by atoms with Crippen LogP contribution in [0.1, 0.15) is 141 Å². The lowest BCUT2D eigenvalue weighted by atomic mass is 10.4. The van der Waals surface area contributed by atoms with Gasteiger partial charge >= 0.3 is 7.82 Å². The summed E-state index contributed by atoms with van der Waals surface area (Å²) < 4.78 is 86.1. The van der Waals surface area contributed by atoms with Gasteiger partial charge in [0.1, 0.15) is 0 Å². The molecule has 0 aliphatic heterocycles. The monoisotopic (exact) mass is 704 g/mol. The summed E-state index contributed by atoms with van der Waals surface area (Å²) in [4.78, 5) is 0. The number of phosphoric ester groups is 1. The zero-order valence-corrected chi connectivity index (χ0v) is 32.3. The van der Waals surface area contributed by atoms with Crippen molar-refractivity contribution in [1.82, 2.24) is 0 Å². The van der Waals surface area contributed by atoms with Crippen LogP contribution in [0.15, 0.2) is 0 Å². The second kappa shape index (κ2) is 28.4. The SMILES string of the molecule is CCOC(CC)OC(CC)OC(CC)OP(=O)(OC(CC)OC(CC)OC(CC)OCC)OC(CC)OC(CC)OC(CC)OCC. The van der Waals surface area contributed by atoms with Crippen molar-refractivity contribution in [3.8, 4) is 0 Å². The molecule has 14 heteroatoms. The maximum Gasteiger partial charge on any atom is 0.481 e. The van der Waals surface area contributed by atoms with Crippen LogP contribution in [0, 0.1) is 0 Å². The Morgan fingerprint density at radius 2 is 0.511 bits per heavy atom. The molecule has 0 aliphatic rings. The summed E-state index contributed by atoms with van der Waals surface area (Å²) in [5.74, 6) is 0. The van der Waals surface area contributed by atoms with E-state index in [2.05, 4.69) is 0 Å². The van der Waals surface area contributed by atoms with E-state index in [1.54, 1.807) is 0 Å². The maximum absolute atomic E-state index is 14.6. The molecule has 0 N–H and O–H groups in total. The molecule has 0 saturated heterocycles. The van der Waals surface area contributed by atoms with Crippen molar-refractivity contribution in [3.05, 3.63) is 0 Å². The van der Waals surface area contributed by atoms with Gasteiger partial charge in [0.15, 0.2) is 56.6 Å². The molecule has 9 unspecified atom stereocenters. The Morgan fingerprint density at radius 1 is 0.319 bits per heavy atom. The number of hydrogen-bond acceptors (Lipinski definition) is 13. The first-order chi connectivity index (χ1) is 22.6. The van der Waals surface area contributed by atoms with Gasteiger partial charge in [-0.2, -0.15) is 0 Å². The van der Waals surface area contributed by atoms with Crippen LogP contribution in [0.2, 0.25) is 0 Å². The largest absolute Gasteiger partial charge is 0.481 e. The van der Waals surface area contributed by atoms with Crippen molar-refractivity contribution in [2.75, 3.05) is 19.8 Å². The lowest BCUT2D eigenvalue weighted by Gasteiger charge is -2.33. The van der Waals surface area contributed by atoms with Gasteiger partial charge < -0.3 is 42.6 Å². The first kappa shape index (κ1) is 46.8. The van der Waals surface area contributed by atoms with Crippen molar-refractivity contribution in [3.63, 3.8) is 0 Å². The average Bonchev–Trinajstić information content (AvgIpc) is 3.08. The molecular formula is C33H69O13P. The molecule has 47 heavy (non-hydrogen) atoms. The van der Waals surface area contributed by atoms with Crippen molar-refractivity contribution < 1.29 is 60.8 Å². The first-order valence-electron chi connectivity index (χ1n) is 18.0. The maximum atomic E-state index is 14.6. The van der Waals surface area contributed by atoms with Crippen LogP contribution in [0.25, 0.3) is 0 Å². The van der Waals surface area contributed by atoms with Crippen molar-refractivity contribution in [2.24, 2.45) is 0 Å². The van der Waals surface area contributed by atoms with Crippen LogP contribution in [0.4, 0.5) is 0 Å². The molecule has 0 aliphatic carbocycles. The molecule has 0 radical (unpaired) electrons. The molecule has 0 aromatic carbocycles. The van der Waals surface area contributed by atoms with Crippen LogP contribution in [0.3, 0.4) is 0 Å². The Labute approximate surface area is 285 Å². The van der Waals surface area contributed by atoms with Crippen molar-refractivity contribution >= 4 is 7.82 Å². The van der Waals surface area contributed by atoms with E-state index in [0.717, 1.165) is 0 Å². The quantitative estimate of drug-likeness (QED) is 0.0477. The summed E-state index contributed by atoms with van der Waals surface area (Å²) in [5, 5.41) is 0. The zero-order valence-electron chi connectivity index (χ0n) is 31.4. The fourth-order valence-corrected chi connectivity index (χ4v) is 5.71. The summed E-state index contributed by atoms with van der Waals surface area (Å²) in [5.41, 5.74) is 0. The molecule has 9 atom stereocenters. The number of rotatable bonds is 33. The van der Waals surface area contributed by atoms with Gasteiger partial charge in [-0.15, -0.1) is 0 Å². The highest BCUT2D eigenvalue weighted by atomic mass is 31.2. The highest BCUT2D eigenvalue weighted by Gasteiger charge is 2.39. The first-order valence-corrected chi connectivity index (χ1v) is 19.5. The molecule has 0 spiro atoms. The minimum absolute atomic E-state index is 0.317. The third-order valence-electron chi connectivity index (χ3n) is 6.62. The molecule has 13 nitrogen and oxygen atoms in total. The van der Waals surface area contributed by atoms with Gasteiger partial charge in [0, 0.05) is 19.8 Å². The van der Waals surface area contributed by atoms with Gasteiger partial charge in [0.05, 0.1) is 0 Å². The summed E-state index contributed by atoms with van der Waals surface area (Å²) >= 11 is 0. The molecule has 0 rings (SSSR count). The van der Waals surface area contributed by atoms with E-state index in [1.165, 1.54) is 0 Å². The summed E-state index contributed by atoms with van der Waals surface area (Å²) in [6.45, 7) is 24.3. The average molecular weight is 705 g/mol. The molecule has 0 heterocycles. The lowest BCUT2D eigenvalue weighted by Crippen LogP contribution is -2.34. The van der Waals surface area contributed by atoms with Gasteiger partial charge in [0.25, 0.3) is 0 Å². The molecule has 0 bridgehead atoms. The fraction of sp³-hybridized carbons (Fsp3) is 1.00. The second-order valence-corrected chi connectivity index (χ2v) is 12.0. The molecule has 0 fully saturated rings. The Morgan fingerprint density at radius 3 is 0.681 bits per heavy atom. The Balaban J connectivity index is 6.20. The fourth-order valence-electron chi connectivity index (χ4n) is 4.10. The van der Waals surface area contributed by atoms with Gasteiger partial charge in [-0.25, -0.2) is 4.57 Å².